The highest BCUT2D eigenvalue weighted by molar-refractivity contribution is 6.27. The summed E-state index contributed by atoms with van der Waals surface area (Å²) in [4.78, 5) is 24.7. The van der Waals surface area contributed by atoms with E-state index in [2.05, 4.69) is 10.2 Å². The molecule has 2 heterocycles. The van der Waals surface area contributed by atoms with E-state index in [0.29, 0.717) is 19.6 Å². The smallest absolute Gasteiger partial charge is 0.342 e. The normalized spacial score (nSPS) is 17.1. The molecule has 2 rings (SSSR count). The number of amides is 1. The van der Waals surface area contributed by atoms with E-state index >= 15 is 0 Å². The van der Waals surface area contributed by atoms with Gasteiger partial charge in [0.2, 0.25) is 5.91 Å². The minimum Gasteiger partial charge on any atom is -0.342 e. The molecule has 1 aliphatic rings. The van der Waals surface area contributed by atoms with Gasteiger partial charge in [-0.2, -0.15) is 5.10 Å². The largest absolute Gasteiger partial charge is 0.343 e. The van der Waals surface area contributed by atoms with Gasteiger partial charge in [-0.15, -0.1) is 11.6 Å². The van der Waals surface area contributed by atoms with Gasteiger partial charge in [-0.25, -0.2) is 9.89 Å². The van der Waals surface area contributed by atoms with Gasteiger partial charge < -0.3 is 4.90 Å². The molecule has 1 aliphatic heterocycles. The number of hydrogen-bond acceptors (Lipinski definition) is 3. The van der Waals surface area contributed by atoms with Crippen LogP contribution in [-0.4, -0.2) is 44.5 Å². The van der Waals surface area contributed by atoms with Gasteiger partial charge in [-0.3, -0.25) is 9.36 Å². The van der Waals surface area contributed by atoms with Gasteiger partial charge in [0.25, 0.3) is 0 Å². The van der Waals surface area contributed by atoms with Crippen molar-refractivity contribution in [2.75, 3.05) is 19.0 Å². The van der Waals surface area contributed by atoms with Gasteiger partial charge in [0.15, 0.2) is 0 Å². The molecule has 0 unspecified atom stereocenters. The molecule has 1 fully saturated rings. The van der Waals surface area contributed by atoms with Crippen LogP contribution < -0.4 is 5.69 Å². The second-order valence-electron chi connectivity index (χ2n) is 4.42. The van der Waals surface area contributed by atoms with Crippen molar-refractivity contribution < 1.29 is 4.79 Å². The number of rotatable bonds is 3. The number of likely N-dealkylation sites (tertiary alicyclic amines) is 1. The number of carbonyl (C=O) groups excluding carboxylic acids is 1. The molecule has 0 atom stereocenters. The number of nitrogens with zero attached hydrogens (tertiary/aromatic N) is 3. The maximum Gasteiger partial charge on any atom is 0.343 e. The van der Waals surface area contributed by atoms with Crippen LogP contribution in [-0.2, 0) is 11.3 Å². The summed E-state index contributed by atoms with van der Waals surface area (Å²) in [6.45, 7) is 3.90. The summed E-state index contributed by atoms with van der Waals surface area (Å²) >= 11 is 5.54. The third kappa shape index (κ3) is 2.43. The van der Waals surface area contributed by atoms with Crippen LogP contribution in [0.15, 0.2) is 4.79 Å². The summed E-state index contributed by atoms with van der Waals surface area (Å²) in [6, 6.07) is 0. The van der Waals surface area contributed by atoms with Crippen molar-refractivity contribution >= 4 is 17.5 Å². The minimum absolute atomic E-state index is 0.0231. The minimum atomic E-state index is -0.160. The molecule has 18 heavy (non-hydrogen) atoms. The van der Waals surface area contributed by atoms with Gasteiger partial charge in [0.1, 0.15) is 11.7 Å². The molecule has 0 aromatic carbocycles. The van der Waals surface area contributed by atoms with Crippen molar-refractivity contribution in [3.63, 3.8) is 0 Å². The third-order valence-electron chi connectivity index (χ3n) is 3.43. The van der Waals surface area contributed by atoms with Gasteiger partial charge in [0.05, 0.1) is 0 Å². The highest BCUT2D eigenvalue weighted by atomic mass is 35.5. The first kappa shape index (κ1) is 13.1. The number of alkyl halides is 1. The average molecular weight is 273 g/mol. The number of nitrogens with one attached hydrogen (secondary N) is 1. The van der Waals surface area contributed by atoms with E-state index in [1.807, 2.05) is 6.92 Å². The second kappa shape index (κ2) is 5.56. The Morgan fingerprint density at radius 3 is 2.72 bits per heavy atom. The summed E-state index contributed by atoms with van der Waals surface area (Å²) in [5, 5.41) is 6.58. The van der Waals surface area contributed by atoms with Crippen LogP contribution in [0.3, 0.4) is 0 Å². The molecule has 1 aromatic heterocycles. The van der Waals surface area contributed by atoms with E-state index in [4.69, 9.17) is 11.6 Å². The Kier molecular flexibility index (Phi) is 4.06. The van der Waals surface area contributed by atoms with Crippen LogP contribution in [0.5, 0.6) is 0 Å². The molecule has 0 saturated carbocycles. The van der Waals surface area contributed by atoms with Crippen LogP contribution in [0, 0.1) is 0 Å². The van der Waals surface area contributed by atoms with Gasteiger partial charge in [-0.05, 0) is 19.8 Å². The molecule has 1 N–H and O–H groups in total. The Labute approximate surface area is 110 Å². The molecule has 0 radical (unpaired) electrons. The first-order chi connectivity index (χ1) is 8.67. The monoisotopic (exact) mass is 272 g/mol. The number of hydrogen-bond donors (Lipinski definition) is 1. The molecule has 1 aromatic rings. The van der Waals surface area contributed by atoms with Gasteiger partial charge in [0, 0.05) is 25.6 Å². The number of halogens is 1. The van der Waals surface area contributed by atoms with Crippen molar-refractivity contribution in [1.29, 1.82) is 0 Å². The molecule has 7 heteroatoms. The number of piperidine rings is 1. The molecule has 100 valence electrons. The summed E-state index contributed by atoms with van der Waals surface area (Å²) in [7, 11) is 0. The molecule has 0 bridgehead atoms. The van der Waals surface area contributed by atoms with Crippen molar-refractivity contribution in [2.45, 2.75) is 32.2 Å². The molecule has 0 aliphatic carbocycles. The summed E-state index contributed by atoms with van der Waals surface area (Å²) in [5.41, 5.74) is -0.160. The Balaban J connectivity index is 2.05. The van der Waals surface area contributed by atoms with E-state index in [-0.39, 0.29) is 23.4 Å². The average Bonchev–Trinajstić information content (AvgIpc) is 2.79. The van der Waals surface area contributed by atoms with E-state index < -0.39 is 0 Å². The first-order valence-corrected chi connectivity index (χ1v) is 6.69. The van der Waals surface area contributed by atoms with Crippen LogP contribution in [0.4, 0.5) is 0 Å². The van der Waals surface area contributed by atoms with Crippen molar-refractivity contribution in [3.05, 3.63) is 16.3 Å². The van der Waals surface area contributed by atoms with Crippen molar-refractivity contribution in [1.82, 2.24) is 19.7 Å². The topological polar surface area (TPSA) is 71.0 Å². The lowest BCUT2D eigenvalue weighted by atomic mass is 9.96. The van der Waals surface area contributed by atoms with Gasteiger partial charge >= 0.3 is 5.69 Å². The zero-order chi connectivity index (χ0) is 13.1. The molecule has 1 saturated heterocycles. The molecule has 6 nitrogen and oxygen atoms in total. The Morgan fingerprint density at radius 1 is 1.50 bits per heavy atom. The lowest BCUT2D eigenvalue weighted by Crippen LogP contribution is -2.39. The zero-order valence-electron chi connectivity index (χ0n) is 10.4. The van der Waals surface area contributed by atoms with Crippen LogP contribution in [0.25, 0.3) is 0 Å². The Hall–Kier alpha value is -1.30. The predicted octanol–water partition coefficient (Wildman–Crippen LogP) is 0.536. The van der Waals surface area contributed by atoms with E-state index in [9.17, 15) is 9.59 Å². The number of aromatic nitrogens is 3. The third-order valence-corrected chi connectivity index (χ3v) is 3.66. The highest BCUT2D eigenvalue weighted by Crippen LogP contribution is 2.25. The van der Waals surface area contributed by atoms with Crippen LogP contribution in [0.2, 0.25) is 0 Å². The highest BCUT2D eigenvalue weighted by Gasteiger charge is 2.26. The Bertz CT molecular complexity index is 474. The Morgan fingerprint density at radius 2 is 2.17 bits per heavy atom. The second-order valence-corrected chi connectivity index (χ2v) is 4.69. The fraction of sp³-hybridized carbons (Fsp3) is 0.727. The summed E-state index contributed by atoms with van der Waals surface area (Å²) in [6.07, 6.45) is 1.65. The van der Waals surface area contributed by atoms with Crippen LogP contribution >= 0.6 is 11.6 Å². The number of aromatic amines is 1. The maximum atomic E-state index is 11.5. The quantitative estimate of drug-likeness (QED) is 0.816. The lowest BCUT2D eigenvalue weighted by Gasteiger charge is -2.31. The van der Waals surface area contributed by atoms with Crippen LogP contribution in [0.1, 0.15) is 31.5 Å². The SMILES string of the molecule is CCn1c(C2CCN(C(=O)CCl)CC2)n[nH]c1=O. The van der Waals surface area contributed by atoms with Gasteiger partial charge in [-0.1, -0.05) is 0 Å². The summed E-state index contributed by atoms with van der Waals surface area (Å²) in [5.74, 6) is 1.06. The standard InChI is InChI=1S/C11H17ClN4O2/c1-2-16-10(13-14-11(16)18)8-3-5-15(6-4-8)9(17)7-12/h8H,2-7H2,1H3,(H,14,18). The van der Waals surface area contributed by atoms with E-state index in [0.717, 1.165) is 18.7 Å². The van der Waals surface area contributed by atoms with E-state index in [1.54, 1.807) is 9.47 Å². The van der Waals surface area contributed by atoms with E-state index in [1.165, 1.54) is 0 Å². The fourth-order valence-corrected chi connectivity index (χ4v) is 2.59. The molecular weight excluding hydrogens is 256 g/mol. The zero-order valence-corrected chi connectivity index (χ0v) is 11.1. The fourth-order valence-electron chi connectivity index (χ4n) is 2.42. The summed E-state index contributed by atoms with van der Waals surface area (Å²) < 4.78 is 1.66. The number of H-pyrrole nitrogens is 1. The lowest BCUT2D eigenvalue weighted by molar-refractivity contribution is -0.129. The molecule has 0 spiro atoms. The van der Waals surface area contributed by atoms with Crippen molar-refractivity contribution in [3.8, 4) is 0 Å². The predicted molar refractivity (Wildman–Crippen MR) is 67.8 cm³/mol. The first-order valence-electron chi connectivity index (χ1n) is 6.16. The maximum absolute atomic E-state index is 11.5. The molecule has 1 amide bonds. The number of carbonyl (C=O) groups is 1. The van der Waals surface area contributed by atoms with Crippen molar-refractivity contribution in [2.24, 2.45) is 0 Å². The molecular formula is C11H17ClN4O2.